The maximum atomic E-state index is 13.3. The first-order chi connectivity index (χ1) is 15.6. The van der Waals surface area contributed by atoms with E-state index in [1.54, 1.807) is 7.11 Å². The van der Waals surface area contributed by atoms with Crippen LogP contribution in [-0.2, 0) is 0 Å². The first-order valence-corrected chi connectivity index (χ1v) is 11.4. The Bertz CT molecular complexity index is 1050. The molecular weight excluding hydrogens is 400 g/mol. The number of carbonyl (C=O) groups is 1. The Labute approximate surface area is 189 Å². The molecule has 6 rings (SSSR count). The topological polar surface area (TPSA) is 61.8 Å². The molecule has 0 aliphatic carbocycles. The number of aliphatic hydroxyl groups excluding tert-OH is 1. The van der Waals surface area contributed by atoms with Crippen molar-refractivity contribution in [3.63, 3.8) is 0 Å². The summed E-state index contributed by atoms with van der Waals surface area (Å²) in [6.45, 7) is 5.95. The lowest BCUT2D eigenvalue weighted by atomic mass is 9.73. The van der Waals surface area contributed by atoms with Gasteiger partial charge < -0.3 is 15.2 Å². The summed E-state index contributed by atoms with van der Waals surface area (Å²) in [5.41, 5.74) is 3.20. The van der Waals surface area contributed by atoms with Gasteiger partial charge in [0.1, 0.15) is 11.8 Å². The number of nitrogens with one attached hydrogen (secondary N) is 1. The number of ether oxygens (including phenoxy) is 1. The summed E-state index contributed by atoms with van der Waals surface area (Å²) >= 11 is 0. The number of nitrogens with zero attached hydrogens (tertiary/aromatic N) is 1. The van der Waals surface area contributed by atoms with Crippen molar-refractivity contribution in [2.24, 2.45) is 11.8 Å². The van der Waals surface area contributed by atoms with Crippen molar-refractivity contribution in [2.45, 2.75) is 31.0 Å². The predicted molar refractivity (Wildman–Crippen MR) is 127 cm³/mol. The molecule has 4 heterocycles. The minimum absolute atomic E-state index is 0.00559. The zero-order chi connectivity index (χ0) is 22.2. The van der Waals surface area contributed by atoms with Crippen LogP contribution in [0.2, 0.25) is 0 Å². The molecule has 166 valence electrons. The van der Waals surface area contributed by atoms with E-state index in [4.69, 9.17) is 4.74 Å². The van der Waals surface area contributed by atoms with Crippen molar-refractivity contribution in [2.75, 3.05) is 25.5 Å². The van der Waals surface area contributed by atoms with Crippen LogP contribution in [0.4, 0.5) is 5.69 Å². The van der Waals surface area contributed by atoms with Crippen LogP contribution in [-0.4, -0.2) is 54.2 Å². The maximum Gasteiger partial charge on any atom is 0.188 e. The number of rotatable bonds is 6. The SMILES string of the molecule is C=C[C@H]1CN2CCC1C[C@H]2[C@H](O)C1=CC(C(=O)c2ccccc2)Nc2ccc(OC)cc21. The van der Waals surface area contributed by atoms with Crippen LogP contribution < -0.4 is 10.1 Å². The second kappa shape index (κ2) is 8.57. The first-order valence-electron chi connectivity index (χ1n) is 11.4. The van der Waals surface area contributed by atoms with E-state index in [1.807, 2.05) is 54.6 Å². The van der Waals surface area contributed by atoms with Gasteiger partial charge in [-0.2, -0.15) is 0 Å². The lowest BCUT2D eigenvalue weighted by Gasteiger charge is -2.51. The minimum atomic E-state index is -0.678. The van der Waals surface area contributed by atoms with E-state index in [0.717, 1.165) is 48.5 Å². The number of carbonyl (C=O) groups excluding carboxylic acids is 1. The molecule has 0 amide bonds. The molecule has 3 unspecified atom stereocenters. The van der Waals surface area contributed by atoms with E-state index in [1.165, 1.54) is 0 Å². The van der Waals surface area contributed by atoms with E-state index in [-0.39, 0.29) is 11.8 Å². The highest BCUT2D eigenvalue weighted by atomic mass is 16.5. The number of ketones is 1. The smallest absolute Gasteiger partial charge is 0.188 e. The van der Waals surface area contributed by atoms with Gasteiger partial charge in [0.15, 0.2) is 5.78 Å². The number of piperidine rings is 3. The van der Waals surface area contributed by atoms with Gasteiger partial charge in [0, 0.05) is 29.4 Å². The lowest BCUT2D eigenvalue weighted by Crippen LogP contribution is -2.57. The number of hydrogen-bond acceptors (Lipinski definition) is 5. The van der Waals surface area contributed by atoms with Crippen LogP contribution in [0.5, 0.6) is 5.75 Å². The Kier molecular flexibility index (Phi) is 5.62. The number of fused-ring (bicyclic) bond motifs is 4. The van der Waals surface area contributed by atoms with E-state index >= 15 is 0 Å². The van der Waals surface area contributed by atoms with Gasteiger partial charge in [-0.05, 0) is 61.1 Å². The molecule has 32 heavy (non-hydrogen) atoms. The zero-order valence-electron chi connectivity index (χ0n) is 18.4. The predicted octanol–water partition coefficient (Wildman–Crippen LogP) is 4.01. The average molecular weight is 431 g/mol. The van der Waals surface area contributed by atoms with Crippen molar-refractivity contribution in [3.8, 4) is 5.75 Å². The molecule has 3 saturated heterocycles. The zero-order valence-corrected chi connectivity index (χ0v) is 18.4. The Balaban J connectivity index is 1.51. The summed E-state index contributed by atoms with van der Waals surface area (Å²) in [4.78, 5) is 15.6. The van der Waals surface area contributed by atoms with Crippen molar-refractivity contribution in [3.05, 3.63) is 78.4 Å². The summed E-state index contributed by atoms with van der Waals surface area (Å²) < 4.78 is 5.45. The molecule has 0 aromatic heterocycles. The Morgan fingerprint density at radius 2 is 2.09 bits per heavy atom. The summed E-state index contributed by atoms with van der Waals surface area (Å²) in [5.74, 6) is 1.78. The third-order valence-corrected chi connectivity index (χ3v) is 7.37. The van der Waals surface area contributed by atoms with Crippen LogP contribution in [0.1, 0.15) is 28.8 Å². The third-order valence-electron chi connectivity index (χ3n) is 7.37. The van der Waals surface area contributed by atoms with Crippen molar-refractivity contribution >= 4 is 17.0 Å². The molecule has 4 aliphatic rings. The van der Waals surface area contributed by atoms with Gasteiger partial charge >= 0.3 is 0 Å². The first kappa shape index (κ1) is 21.0. The average Bonchev–Trinajstić information content (AvgIpc) is 2.87. The van der Waals surface area contributed by atoms with Crippen LogP contribution in [0.3, 0.4) is 0 Å². The highest BCUT2D eigenvalue weighted by Gasteiger charge is 2.43. The third kappa shape index (κ3) is 3.65. The number of aliphatic hydroxyl groups is 1. The fourth-order valence-electron chi connectivity index (χ4n) is 5.59. The fourth-order valence-corrected chi connectivity index (χ4v) is 5.59. The standard InChI is InChI=1S/C27H30N2O3/c1-3-17-16-29-12-11-19(17)13-25(29)27(31)22-15-24(26(30)18-7-5-4-6-8-18)28-23-10-9-20(32-2)14-21(22)23/h3-10,14-15,17,19,24-25,27-28,31H,1,11-13,16H2,2H3/t17-,19?,24?,25-,27+/m0/s1. The minimum Gasteiger partial charge on any atom is -0.497 e. The number of anilines is 1. The van der Waals surface area contributed by atoms with Crippen molar-refractivity contribution in [1.29, 1.82) is 0 Å². The Morgan fingerprint density at radius 3 is 2.78 bits per heavy atom. The molecule has 3 fully saturated rings. The molecule has 2 aromatic carbocycles. The van der Waals surface area contributed by atoms with Gasteiger partial charge in [-0.1, -0.05) is 36.4 Å². The number of methoxy groups -OCH3 is 1. The fraction of sp³-hybridized carbons (Fsp3) is 0.370. The lowest BCUT2D eigenvalue weighted by molar-refractivity contribution is -0.0254. The molecule has 5 heteroatoms. The summed E-state index contributed by atoms with van der Waals surface area (Å²) in [6.07, 6.45) is 5.40. The van der Waals surface area contributed by atoms with Crippen LogP contribution >= 0.6 is 0 Å². The summed E-state index contributed by atoms with van der Waals surface area (Å²) in [6, 6.07) is 14.6. The van der Waals surface area contributed by atoms with Crippen molar-refractivity contribution < 1.29 is 14.6 Å². The molecule has 0 spiro atoms. The number of Topliss-reactive ketones (excluding diaryl/α,β-unsaturated/α-hetero) is 1. The largest absolute Gasteiger partial charge is 0.497 e. The summed E-state index contributed by atoms with van der Waals surface area (Å²) in [5, 5.41) is 15.0. The Morgan fingerprint density at radius 1 is 1.28 bits per heavy atom. The number of hydrogen-bond donors (Lipinski definition) is 2. The van der Waals surface area contributed by atoms with Gasteiger partial charge in [0.05, 0.1) is 13.2 Å². The van der Waals surface area contributed by atoms with E-state index in [0.29, 0.717) is 17.4 Å². The second-order valence-corrected chi connectivity index (χ2v) is 9.08. The van der Waals surface area contributed by atoms with Crippen LogP contribution in [0, 0.1) is 11.8 Å². The van der Waals surface area contributed by atoms with Crippen LogP contribution in [0.15, 0.2) is 67.3 Å². The molecule has 4 aliphatic heterocycles. The Hall–Kier alpha value is -2.89. The molecule has 2 N–H and O–H groups in total. The quantitative estimate of drug-likeness (QED) is 0.536. The molecular formula is C27H30N2O3. The van der Waals surface area contributed by atoms with Gasteiger partial charge in [-0.25, -0.2) is 0 Å². The van der Waals surface area contributed by atoms with Crippen molar-refractivity contribution in [1.82, 2.24) is 4.90 Å². The van der Waals surface area contributed by atoms with E-state index < -0.39 is 12.1 Å². The molecule has 0 radical (unpaired) electrons. The van der Waals surface area contributed by atoms with Gasteiger partial charge in [0.25, 0.3) is 0 Å². The highest BCUT2D eigenvalue weighted by molar-refractivity contribution is 6.05. The molecule has 6 atom stereocenters. The normalized spacial score (nSPS) is 29.3. The van der Waals surface area contributed by atoms with E-state index in [2.05, 4.69) is 22.9 Å². The molecule has 2 bridgehead atoms. The highest BCUT2D eigenvalue weighted by Crippen LogP contribution is 2.42. The van der Waals surface area contributed by atoms with Crippen LogP contribution in [0.25, 0.3) is 5.57 Å². The molecule has 5 nitrogen and oxygen atoms in total. The monoisotopic (exact) mass is 430 g/mol. The van der Waals surface area contributed by atoms with Gasteiger partial charge in [-0.3, -0.25) is 9.69 Å². The molecule has 0 saturated carbocycles. The summed E-state index contributed by atoms with van der Waals surface area (Å²) in [7, 11) is 1.64. The van der Waals surface area contributed by atoms with Gasteiger partial charge in [0.2, 0.25) is 0 Å². The second-order valence-electron chi connectivity index (χ2n) is 9.08. The maximum absolute atomic E-state index is 13.3. The van der Waals surface area contributed by atoms with Gasteiger partial charge in [-0.15, -0.1) is 6.58 Å². The molecule has 2 aromatic rings. The number of benzene rings is 2. The van der Waals surface area contributed by atoms with E-state index in [9.17, 15) is 9.90 Å².